The van der Waals surface area contributed by atoms with Crippen molar-refractivity contribution in [2.24, 2.45) is 11.3 Å². The van der Waals surface area contributed by atoms with Gasteiger partial charge in [-0.2, -0.15) is 0 Å². The van der Waals surface area contributed by atoms with Gasteiger partial charge in [0.05, 0.1) is 14.2 Å². The summed E-state index contributed by atoms with van der Waals surface area (Å²) in [6, 6.07) is 10.5. The minimum Gasteiger partial charge on any atom is -0.468 e. The van der Waals surface area contributed by atoms with Crippen LogP contribution in [0, 0.1) is 11.3 Å². The summed E-state index contributed by atoms with van der Waals surface area (Å²) in [5.41, 5.74) is -0.00274. The van der Waals surface area contributed by atoms with Gasteiger partial charge in [-0.15, -0.1) is 0 Å². The van der Waals surface area contributed by atoms with E-state index < -0.39 is 25.4 Å². The molecule has 0 bridgehead atoms. The Morgan fingerprint density at radius 1 is 1.08 bits per heavy atom. The maximum absolute atomic E-state index is 12.4. The van der Waals surface area contributed by atoms with Crippen LogP contribution >= 0.6 is 0 Å². The van der Waals surface area contributed by atoms with Crippen molar-refractivity contribution < 1.29 is 19.1 Å². The van der Waals surface area contributed by atoms with E-state index in [2.05, 4.69) is 51.2 Å². The van der Waals surface area contributed by atoms with Crippen LogP contribution in [0.15, 0.2) is 41.1 Å². The highest BCUT2D eigenvalue weighted by Crippen LogP contribution is 2.49. The van der Waals surface area contributed by atoms with Crippen molar-refractivity contribution in [3.8, 4) is 0 Å². The van der Waals surface area contributed by atoms with Crippen molar-refractivity contribution in [3.63, 3.8) is 0 Å². The Bertz CT molecular complexity index is 675. The summed E-state index contributed by atoms with van der Waals surface area (Å²) in [6.45, 7) is 8.87. The first-order chi connectivity index (χ1) is 11.7. The summed E-state index contributed by atoms with van der Waals surface area (Å²) >= 11 is 0. The number of methoxy groups -OCH3 is 2. The minimum absolute atomic E-state index is 0.147. The fourth-order valence-electron chi connectivity index (χ4n) is 3.98. The second-order valence-electron chi connectivity index (χ2n) is 7.49. The van der Waals surface area contributed by atoms with Crippen molar-refractivity contribution in [1.82, 2.24) is 0 Å². The number of benzene rings is 1. The number of allylic oxidation sites excluding steroid dienone is 2. The van der Waals surface area contributed by atoms with Crippen LogP contribution in [0.1, 0.15) is 26.7 Å². The molecule has 0 radical (unpaired) electrons. The van der Waals surface area contributed by atoms with Gasteiger partial charge in [-0.1, -0.05) is 66.3 Å². The minimum atomic E-state index is -1.87. The molecule has 25 heavy (non-hydrogen) atoms. The van der Waals surface area contributed by atoms with E-state index in [4.69, 9.17) is 9.47 Å². The number of hydrogen-bond donors (Lipinski definition) is 0. The summed E-state index contributed by atoms with van der Waals surface area (Å²) in [4.78, 5) is 24.9. The van der Waals surface area contributed by atoms with Gasteiger partial charge < -0.3 is 9.47 Å². The Morgan fingerprint density at radius 3 is 2.08 bits per heavy atom. The Morgan fingerprint density at radius 2 is 1.60 bits per heavy atom. The van der Waals surface area contributed by atoms with E-state index in [0.29, 0.717) is 12.8 Å². The fraction of sp³-hybridized carbons (Fsp3) is 0.500. The average Bonchev–Trinajstić information content (AvgIpc) is 2.98. The molecule has 2 rings (SSSR count). The Labute approximate surface area is 151 Å². The van der Waals surface area contributed by atoms with Crippen molar-refractivity contribution in [2.45, 2.75) is 39.8 Å². The van der Waals surface area contributed by atoms with E-state index in [0.717, 1.165) is 0 Å². The molecule has 1 unspecified atom stereocenters. The van der Waals surface area contributed by atoms with E-state index in [-0.39, 0.29) is 5.92 Å². The lowest BCUT2D eigenvalue weighted by atomic mass is 9.85. The zero-order chi connectivity index (χ0) is 18.8. The van der Waals surface area contributed by atoms with E-state index in [9.17, 15) is 9.59 Å². The van der Waals surface area contributed by atoms with Gasteiger partial charge in [0, 0.05) is 0 Å². The topological polar surface area (TPSA) is 52.6 Å². The predicted octanol–water partition coefficient (Wildman–Crippen LogP) is 3.22. The molecular formula is C20H28O4Si. The Hall–Kier alpha value is -1.88. The third-order valence-electron chi connectivity index (χ3n) is 5.81. The number of esters is 2. The van der Waals surface area contributed by atoms with E-state index in [1.165, 1.54) is 30.2 Å². The largest absolute Gasteiger partial charge is 0.468 e. The molecule has 1 aromatic rings. The maximum atomic E-state index is 12.4. The average molecular weight is 361 g/mol. The third-order valence-corrected chi connectivity index (χ3v) is 9.78. The number of carbonyl (C=O) groups is 2. The van der Waals surface area contributed by atoms with Crippen LogP contribution in [0.2, 0.25) is 13.1 Å². The van der Waals surface area contributed by atoms with Gasteiger partial charge in [-0.3, -0.25) is 9.59 Å². The van der Waals surface area contributed by atoms with Crippen molar-refractivity contribution in [2.75, 3.05) is 14.2 Å². The highest BCUT2D eigenvalue weighted by atomic mass is 28.3. The molecule has 1 aliphatic carbocycles. The van der Waals surface area contributed by atoms with E-state index in [1.807, 2.05) is 6.07 Å². The molecule has 5 heteroatoms. The van der Waals surface area contributed by atoms with Crippen LogP contribution in [0.5, 0.6) is 0 Å². The molecule has 1 fully saturated rings. The summed E-state index contributed by atoms with van der Waals surface area (Å²) in [7, 11) is 0.790. The summed E-state index contributed by atoms with van der Waals surface area (Å²) in [5.74, 6) is -0.838. The van der Waals surface area contributed by atoms with Gasteiger partial charge >= 0.3 is 11.9 Å². The van der Waals surface area contributed by atoms with Gasteiger partial charge in [-0.05, 0) is 25.7 Å². The Kier molecular flexibility index (Phi) is 5.57. The van der Waals surface area contributed by atoms with E-state index in [1.54, 1.807) is 0 Å². The molecule has 0 saturated heterocycles. The molecule has 1 atom stereocenters. The molecule has 136 valence electrons. The first kappa shape index (κ1) is 19.4. The predicted molar refractivity (Wildman–Crippen MR) is 101 cm³/mol. The second kappa shape index (κ2) is 7.16. The van der Waals surface area contributed by atoms with Crippen molar-refractivity contribution in [3.05, 3.63) is 41.1 Å². The summed E-state index contributed by atoms with van der Waals surface area (Å²) in [5, 5.41) is 2.68. The molecule has 0 N–H and O–H groups in total. The van der Waals surface area contributed by atoms with Crippen LogP contribution < -0.4 is 5.19 Å². The summed E-state index contributed by atoms with van der Waals surface area (Å²) < 4.78 is 9.91. The van der Waals surface area contributed by atoms with Gasteiger partial charge in [-0.25, -0.2) is 0 Å². The highest BCUT2D eigenvalue weighted by molar-refractivity contribution is 6.95. The molecule has 0 amide bonds. The number of carbonyl (C=O) groups excluding carboxylic acids is 2. The van der Waals surface area contributed by atoms with Crippen LogP contribution in [-0.4, -0.2) is 34.2 Å². The zero-order valence-electron chi connectivity index (χ0n) is 16.0. The number of rotatable bonds is 4. The summed E-state index contributed by atoms with van der Waals surface area (Å²) in [6.07, 6.45) is 0.834. The molecule has 4 nitrogen and oxygen atoms in total. The third kappa shape index (κ3) is 3.30. The van der Waals surface area contributed by atoms with Crippen molar-refractivity contribution in [1.29, 1.82) is 0 Å². The number of ether oxygens (including phenoxy) is 2. The maximum Gasteiger partial charge on any atom is 0.323 e. The molecule has 1 aliphatic rings. The number of hydrogen-bond acceptors (Lipinski definition) is 4. The standard InChI is InChI=1S/C20H28O4Si/c1-14-12-20(18(21)23-3,19(22)24-4)13-17(14)15(2)25(5,6)16-10-8-7-9-11-16/h7-11,14H,12-13H2,1-6H3/b17-15-. The monoisotopic (exact) mass is 360 g/mol. The Balaban J connectivity index is 2.50. The zero-order valence-corrected chi connectivity index (χ0v) is 17.0. The van der Waals surface area contributed by atoms with Gasteiger partial charge in [0.15, 0.2) is 5.41 Å². The lowest BCUT2D eigenvalue weighted by Crippen LogP contribution is -2.44. The second-order valence-corrected chi connectivity index (χ2v) is 12.1. The molecular weight excluding hydrogens is 332 g/mol. The van der Waals surface area contributed by atoms with Gasteiger partial charge in [0.2, 0.25) is 0 Å². The lowest BCUT2D eigenvalue weighted by molar-refractivity contribution is -0.168. The smallest absolute Gasteiger partial charge is 0.323 e. The SMILES string of the molecule is COC(=O)C1(C(=O)OC)C/C(=C(\C)[Si](C)(C)c2ccccc2)C(C)C1. The fourth-order valence-corrected chi connectivity index (χ4v) is 6.57. The molecule has 1 saturated carbocycles. The van der Waals surface area contributed by atoms with Crippen molar-refractivity contribution >= 4 is 25.2 Å². The van der Waals surface area contributed by atoms with E-state index >= 15 is 0 Å². The molecule has 0 spiro atoms. The van der Waals surface area contributed by atoms with Gasteiger partial charge in [0.25, 0.3) is 0 Å². The quantitative estimate of drug-likeness (QED) is 0.470. The molecule has 1 aromatic carbocycles. The molecule has 0 aromatic heterocycles. The van der Waals surface area contributed by atoms with Crippen LogP contribution in [0.3, 0.4) is 0 Å². The van der Waals surface area contributed by atoms with Crippen LogP contribution in [0.25, 0.3) is 0 Å². The normalized spacial score (nSPS) is 21.6. The molecule has 0 aliphatic heterocycles. The molecule has 0 heterocycles. The van der Waals surface area contributed by atoms with Crippen LogP contribution in [0.4, 0.5) is 0 Å². The first-order valence-corrected chi connectivity index (χ1v) is 11.6. The first-order valence-electron chi connectivity index (χ1n) is 8.63. The van der Waals surface area contributed by atoms with Crippen LogP contribution in [-0.2, 0) is 19.1 Å². The lowest BCUT2D eigenvalue weighted by Gasteiger charge is -2.28. The highest BCUT2D eigenvalue weighted by Gasteiger charge is 2.55. The van der Waals surface area contributed by atoms with Gasteiger partial charge in [0.1, 0.15) is 8.07 Å².